The van der Waals surface area contributed by atoms with Gasteiger partial charge in [0.05, 0.1) is 5.54 Å². The zero-order chi connectivity index (χ0) is 14.2. The van der Waals surface area contributed by atoms with Crippen LogP contribution < -0.4 is 5.32 Å². The van der Waals surface area contributed by atoms with Crippen LogP contribution >= 0.6 is 0 Å². The van der Waals surface area contributed by atoms with Gasteiger partial charge in [0.1, 0.15) is 0 Å². The number of amides is 1. The molecule has 0 fully saturated rings. The first kappa shape index (κ1) is 12.6. The number of hydrogen-bond acceptors (Lipinski definition) is 2. The van der Waals surface area contributed by atoms with Gasteiger partial charge >= 0.3 is 0 Å². The zero-order valence-electron chi connectivity index (χ0n) is 11.6. The van der Waals surface area contributed by atoms with Crippen molar-refractivity contribution < 1.29 is 4.79 Å². The first-order chi connectivity index (χ1) is 9.58. The van der Waals surface area contributed by atoms with Crippen molar-refractivity contribution in [1.82, 2.24) is 10.3 Å². The summed E-state index contributed by atoms with van der Waals surface area (Å²) < 4.78 is 0. The van der Waals surface area contributed by atoms with Crippen molar-refractivity contribution in [3.63, 3.8) is 0 Å². The number of fused-ring (bicyclic) bond motifs is 1. The molecule has 1 aromatic rings. The minimum atomic E-state index is -0.434. The van der Waals surface area contributed by atoms with Gasteiger partial charge in [-0.1, -0.05) is 24.3 Å². The highest BCUT2D eigenvalue weighted by molar-refractivity contribution is 6.01. The standard InChI is InChI=1S/C17H16N2O/c1-17(2,13-8-10-18-11-9-13)19-16(20)15-7-6-12-4-3-5-14(12)15/h3-11H,1-2H3,(H,19,20). The lowest BCUT2D eigenvalue weighted by Gasteiger charge is -2.27. The molecule has 1 amide bonds. The van der Waals surface area contributed by atoms with Gasteiger partial charge in [-0.05, 0) is 48.8 Å². The minimum absolute atomic E-state index is 0.0481. The summed E-state index contributed by atoms with van der Waals surface area (Å²) in [6.07, 6.45) is 13.3. The quantitative estimate of drug-likeness (QED) is 0.912. The van der Waals surface area contributed by atoms with Crippen LogP contribution in [-0.2, 0) is 10.3 Å². The van der Waals surface area contributed by atoms with Gasteiger partial charge in [-0.15, -0.1) is 0 Å². The lowest BCUT2D eigenvalue weighted by Crippen LogP contribution is -2.41. The van der Waals surface area contributed by atoms with Crippen LogP contribution in [0.15, 0.2) is 71.6 Å². The number of rotatable bonds is 3. The highest BCUT2D eigenvalue weighted by atomic mass is 16.1. The molecule has 0 saturated heterocycles. The molecule has 0 radical (unpaired) electrons. The Hall–Kier alpha value is -2.42. The van der Waals surface area contributed by atoms with E-state index in [9.17, 15) is 4.79 Å². The van der Waals surface area contributed by atoms with Gasteiger partial charge in [0, 0.05) is 18.0 Å². The fourth-order valence-corrected chi connectivity index (χ4v) is 2.48. The monoisotopic (exact) mass is 264 g/mol. The average Bonchev–Trinajstić information content (AvgIpc) is 3.01. The SMILES string of the molecule is CC(C)(NC(=O)C1=C2C=CC=C2C=C1)c1ccncc1. The van der Waals surface area contributed by atoms with Crippen LogP contribution in [0.5, 0.6) is 0 Å². The van der Waals surface area contributed by atoms with Crippen LogP contribution in [0.1, 0.15) is 19.4 Å². The Morgan fingerprint density at radius 1 is 1.15 bits per heavy atom. The number of nitrogens with one attached hydrogen (secondary N) is 1. The molecule has 3 nitrogen and oxygen atoms in total. The number of pyridine rings is 1. The van der Waals surface area contributed by atoms with Crippen LogP contribution in [0.3, 0.4) is 0 Å². The summed E-state index contributed by atoms with van der Waals surface area (Å²) in [4.78, 5) is 16.5. The first-order valence-corrected chi connectivity index (χ1v) is 6.62. The predicted octanol–water partition coefficient (Wildman–Crippen LogP) is 2.80. The fourth-order valence-electron chi connectivity index (χ4n) is 2.48. The largest absolute Gasteiger partial charge is 0.343 e. The highest BCUT2D eigenvalue weighted by Gasteiger charge is 2.27. The van der Waals surface area contributed by atoms with E-state index in [0.717, 1.165) is 22.3 Å². The van der Waals surface area contributed by atoms with Crippen molar-refractivity contribution in [1.29, 1.82) is 0 Å². The van der Waals surface area contributed by atoms with Crippen molar-refractivity contribution in [2.24, 2.45) is 0 Å². The Morgan fingerprint density at radius 2 is 1.90 bits per heavy atom. The third-order valence-corrected chi connectivity index (χ3v) is 3.64. The molecule has 1 heterocycles. The van der Waals surface area contributed by atoms with Crippen LogP contribution in [0.2, 0.25) is 0 Å². The van der Waals surface area contributed by atoms with Gasteiger partial charge in [-0.3, -0.25) is 9.78 Å². The minimum Gasteiger partial charge on any atom is -0.343 e. The normalized spacial score (nSPS) is 16.4. The summed E-state index contributed by atoms with van der Waals surface area (Å²) in [5, 5.41) is 3.09. The molecule has 0 saturated carbocycles. The highest BCUT2D eigenvalue weighted by Crippen LogP contribution is 2.30. The average molecular weight is 264 g/mol. The zero-order valence-corrected chi connectivity index (χ0v) is 11.6. The van der Waals surface area contributed by atoms with Crippen LogP contribution in [-0.4, -0.2) is 10.9 Å². The van der Waals surface area contributed by atoms with Crippen molar-refractivity contribution in [2.75, 3.05) is 0 Å². The molecule has 1 N–H and O–H groups in total. The van der Waals surface area contributed by atoms with Gasteiger partial charge in [-0.2, -0.15) is 0 Å². The van der Waals surface area contributed by atoms with E-state index >= 15 is 0 Å². The summed E-state index contributed by atoms with van der Waals surface area (Å²) in [5.41, 5.74) is 3.44. The molecule has 1 aromatic heterocycles. The summed E-state index contributed by atoms with van der Waals surface area (Å²) >= 11 is 0. The molecule has 0 atom stereocenters. The van der Waals surface area contributed by atoms with E-state index in [1.54, 1.807) is 12.4 Å². The number of allylic oxidation sites excluding steroid dienone is 6. The fraction of sp³-hybridized carbons (Fsp3) is 0.176. The van der Waals surface area contributed by atoms with Crippen LogP contribution in [0, 0.1) is 0 Å². The molecular formula is C17H16N2O. The van der Waals surface area contributed by atoms with E-state index in [-0.39, 0.29) is 5.91 Å². The van der Waals surface area contributed by atoms with E-state index in [1.165, 1.54) is 0 Å². The Kier molecular flexibility index (Phi) is 2.90. The molecule has 100 valence electrons. The number of carbonyl (C=O) groups is 1. The Balaban J connectivity index is 1.84. The molecular weight excluding hydrogens is 248 g/mol. The van der Waals surface area contributed by atoms with E-state index in [4.69, 9.17) is 0 Å². The van der Waals surface area contributed by atoms with Crippen molar-refractivity contribution in [3.8, 4) is 0 Å². The first-order valence-electron chi connectivity index (χ1n) is 6.62. The second-order valence-corrected chi connectivity index (χ2v) is 5.46. The summed E-state index contributed by atoms with van der Waals surface area (Å²) in [6.45, 7) is 3.98. The van der Waals surface area contributed by atoms with E-state index in [1.807, 2.05) is 56.4 Å². The van der Waals surface area contributed by atoms with Gasteiger partial charge in [0.15, 0.2) is 0 Å². The summed E-state index contributed by atoms with van der Waals surface area (Å²) in [5.74, 6) is -0.0481. The lowest BCUT2D eigenvalue weighted by molar-refractivity contribution is -0.118. The maximum atomic E-state index is 12.5. The van der Waals surface area contributed by atoms with Gasteiger partial charge < -0.3 is 5.32 Å². The van der Waals surface area contributed by atoms with Gasteiger partial charge in [-0.25, -0.2) is 0 Å². The van der Waals surface area contributed by atoms with Crippen LogP contribution in [0.4, 0.5) is 0 Å². The Morgan fingerprint density at radius 3 is 2.65 bits per heavy atom. The number of hydrogen-bond donors (Lipinski definition) is 1. The number of nitrogens with zero attached hydrogens (tertiary/aromatic N) is 1. The van der Waals surface area contributed by atoms with Crippen molar-refractivity contribution in [2.45, 2.75) is 19.4 Å². The third kappa shape index (κ3) is 2.11. The molecule has 2 aliphatic rings. The Bertz CT molecular complexity index is 676. The maximum absolute atomic E-state index is 12.5. The lowest BCUT2D eigenvalue weighted by atomic mass is 9.94. The predicted molar refractivity (Wildman–Crippen MR) is 78.8 cm³/mol. The molecule has 3 rings (SSSR count). The topological polar surface area (TPSA) is 42.0 Å². The smallest absolute Gasteiger partial charge is 0.252 e. The number of carbonyl (C=O) groups excluding carboxylic acids is 1. The van der Waals surface area contributed by atoms with Crippen LogP contribution in [0.25, 0.3) is 0 Å². The molecule has 3 heteroatoms. The molecule has 0 aliphatic heterocycles. The summed E-state index contributed by atoms with van der Waals surface area (Å²) in [6, 6.07) is 3.84. The molecule has 0 bridgehead atoms. The second-order valence-electron chi connectivity index (χ2n) is 5.46. The Labute approximate surface area is 118 Å². The second kappa shape index (κ2) is 4.60. The molecule has 0 aromatic carbocycles. The van der Waals surface area contributed by atoms with Gasteiger partial charge in [0.2, 0.25) is 0 Å². The number of aromatic nitrogens is 1. The van der Waals surface area contributed by atoms with E-state index < -0.39 is 5.54 Å². The third-order valence-electron chi connectivity index (χ3n) is 3.64. The van der Waals surface area contributed by atoms with E-state index in [0.29, 0.717) is 0 Å². The molecule has 0 unspecified atom stereocenters. The molecule has 0 spiro atoms. The summed E-state index contributed by atoms with van der Waals surface area (Å²) in [7, 11) is 0. The van der Waals surface area contributed by atoms with Crippen molar-refractivity contribution in [3.05, 3.63) is 77.2 Å². The molecule has 2 aliphatic carbocycles. The van der Waals surface area contributed by atoms with E-state index in [2.05, 4.69) is 10.3 Å². The van der Waals surface area contributed by atoms with Gasteiger partial charge in [0.25, 0.3) is 5.91 Å². The van der Waals surface area contributed by atoms with Crippen molar-refractivity contribution >= 4 is 5.91 Å². The maximum Gasteiger partial charge on any atom is 0.252 e. The molecule has 20 heavy (non-hydrogen) atoms.